The molecule has 0 heterocycles. The molecule has 0 radical (unpaired) electrons. The zero-order chi connectivity index (χ0) is 14.4. The van der Waals surface area contributed by atoms with Crippen LogP contribution in [0.4, 0.5) is 5.69 Å². The SMILES string of the molecule is CCCC(Oc1c(C)cc(Br)cc1N)C(=O)OCC. The van der Waals surface area contributed by atoms with Crippen molar-refractivity contribution >= 4 is 27.6 Å². The molecule has 1 rings (SSSR count). The van der Waals surface area contributed by atoms with Crippen LogP contribution in [0.5, 0.6) is 5.75 Å². The van der Waals surface area contributed by atoms with Gasteiger partial charge in [-0.15, -0.1) is 0 Å². The lowest BCUT2D eigenvalue weighted by atomic mass is 10.1. The first-order valence-electron chi connectivity index (χ1n) is 6.38. The van der Waals surface area contributed by atoms with Gasteiger partial charge in [0.05, 0.1) is 12.3 Å². The summed E-state index contributed by atoms with van der Waals surface area (Å²) in [6, 6.07) is 3.66. The van der Waals surface area contributed by atoms with Crippen LogP contribution in [-0.4, -0.2) is 18.7 Å². The lowest BCUT2D eigenvalue weighted by Gasteiger charge is -2.19. The minimum absolute atomic E-state index is 0.342. The van der Waals surface area contributed by atoms with Gasteiger partial charge in [0.25, 0.3) is 0 Å². The Bertz CT molecular complexity index is 425. The van der Waals surface area contributed by atoms with Crippen molar-refractivity contribution in [1.82, 2.24) is 0 Å². The number of rotatable bonds is 6. The van der Waals surface area contributed by atoms with E-state index in [0.29, 0.717) is 24.5 Å². The smallest absolute Gasteiger partial charge is 0.347 e. The van der Waals surface area contributed by atoms with Crippen LogP contribution < -0.4 is 10.5 Å². The first-order chi connectivity index (χ1) is 8.99. The van der Waals surface area contributed by atoms with E-state index < -0.39 is 6.10 Å². The molecule has 0 fully saturated rings. The number of hydrogen-bond acceptors (Lipinski definition) is 4. The molecule has 5 heteroatoms. The standard InChI is InChI=1S/C14H20BrNO3/c1-4-6-12(14(17)18-5-2)19-13-9(3)7-10(15)8-11(13)16/h7-8,12H,4-6,16H2,1-3H3. The largest absolute Gasteiger partial charge is 0.476 e. The van der Waals surface area contributed by atoms with Gasteiger partial charge in [-0.2, -0.15) is 0 Å². The molecule has 106 valence electrons. The van der Waals surface area contributed by atoms with E-state index in [-0.39, 0.29) is 5.97 Å². The number of carbonyl (C=O) groups excluding carboxylic acids is 1. The predicted octanol–water partition coefficient (Wildman–Crippen LogP) is 3.45. The van der Waals surface area contributed by atoms with Crippen LogP contribution in [-0.2, 0) is 9.53 Å². The number of nitrogen functional groups attached to an aromatic ring is 1. The average molecular weight is 330 g/mol. The van der Waals surface area contributed by atoms with Crippen molar-refractivity contribution in [2.45, 2.75) is 39.7 Å². The molecule has 0 aromatic heterocycles. The summed E-state index contributed by atoms with van der Waals surface area (Å²) in [7, 11) is 0. The molecule has 0 amide bonds. The van der Waals surface area contributed by atoms with Crippen LogP contribution in [0.1, 0.15) is 32.3 Å². The highest BCUT2D eigenvalue weighted by Gasteiger charge is 2.22. The fourth-order valence-electron chi connectivity index (χ4n) is 1.78. The monoisotopic (exact) mass is 329 g/mol. The molecule has 1 unspecified atom stereocenters. The van der Waals surface area contributed by atoms with Crippen molar-refractivity contribution in [3.8, 4) is 5.75 Å². The molecule has 4 nitrogen and oxygen atoms in total. The Kier molecular flexibility index (Phi) is 6.15. The molecular weight excluding hydrogens is 310 g/mol. The minimum Gasteiger partial charge on any atom is -0.476 e. The van der Waals surface area contributed by atoms with Gasteiger partial charge in [0.15, 0.2) is 6.10 Å². The van der Waals surface area contributed by atoms with Crippen molar-refractivity contribution < 1.29 is 14.3 Å². The van der Waals surface area contributed by atoms with E-state index in [4.69, 9.17) is 15.2 Å². The van der Waals surface area contributed by atoms with E-state index in [1.165, 1.54) is 0 Å². The first-order valence-corrected chi connectivity index (χ1v) is 7.17. The number of carbonyl (C=O) groups is 1. The van der Waals surface area contributed by atoms with Crippen molar-refractivity contribution in [2.75, 3.05) is 12.3 Å². The second kappa shape index (κ2) is 7.38. The van der Waals surface area contributed by atoms with Crippen LogP contribution in [0.3, 0.4) is 0 Å². The predicted molar refractivity (Wildman–Crippen MR) is 79.2 cm³/mol. The van der Waals surface area contributed by atoms with E-state index in [2.05, 4.69) is 15.9 Å². The van der Waals surface area contributed by atoms with Gasteiger partial charge in [0, 0.05) is 4.47 Å². The van der Waals surface area contributed by atoms with Crippen molar-refractivity contribution in [1.29, 1.82) is 0 Å². The Hall–Kier alpha value is -1.23. The maximum atomic E-state index is 11.8. The molecule has 1 atom stereocenters. The van der Waals surface area contributed by atoms with Gasteiger partial charge < -0.3 is 15.2 Å². The number of aryl methyl sites for hydroxylation is 1. The zero-order valence-corrected chi connectivity index (χ0v) is 13.1. The van der Waals surface area contributed by atoms with E-state index in [9.17, 15) is 4.79 Å². The van der Waals surface area contributed by atoms with Crippen LogP contribution in [0.15, 0.2) is 16.6 Å². The highest BCUT2D eigenvalue weighted by Crippen LogP contribution is 2.31. The molecule has 1 aromatic rings. The number of benzene rings is 1. The Morgan fingerprint density at radius 2 is 2.11 bits per heavy atom. The Balaban J connectivity index is 2.93. The quantitative estimate of drug-likeness (QED) is 0.641. The summed E-state index contributed by atoms with van der Waals surface area (Å²) >= 11 is 3.37. The van der Waals surface area contributed by atoms with Crippen LogP contribution >= 0.6 is 15.9 Å². The third kappa shape index (κ3) is 4.42. The summed E-state index contributed by atoms with van der Waals surface area (Å²) in [5.41, 5.74) is 7.33. The Morgan fingerprint density at radius 1 is 1.42 bits per heavy atom. The molecule has 0 aliphatic heterocycles. The summed E-state index contributed by atoms with van der Waals surface area (Å²) in [5, 5.41) is 0. The van der Waals surface area contributed by atoms with Crippen LogP contribution in [0.25, 0.3) is 0 Å². The van der Waals surface area contributed by atoms with E-state index in [1.54, 1.807) is 13.0 Å². The molecule has 2 N–H and O–H groups in total. The highest BCUT2D eigenvalue weighted by atomic mass is 79.9. The topological polar surface area (TPSA) is 61.5 Å². The first kappa shape index (κ1) is 15.8. The van der Waals surface area contributed by atoms with Crippen molar-refractivity contribution in [2.24, 2.45) is 0 Å². The third-order valence-corrected chi connectivity index (χ3v) is 3.09. The Labute approximate surface area is 122 Å². The number of hydrogen-bond donors (Lipinski definition) is 1. The fraction of sp³-hybridized carbons (Fsp3) is 0.500. The molecule has 0 saturated heterocycles. The molecule has 0 aliphatic rings. The molecule has 0 saturated carbocycles. The second-order valence-corrected chi connectivity index (χ2v) is 5.20. The summed E-state index contributed by atoms with van der Waals surface area (Å²) < 4.78 is 11.7. The van der Waals surface area contributed by atoms with Crippen LogP contribution in [0, 0.1) is 6.92 Å². The lowest BCUT2D eigenvalue weighted by molar-refractivity contribution is -0.151. The number of halogens is 1. The molecule has 0 aliphatic carbocycles. The maximum absolute atomic E-state index is 11.8. The van der Waals surface area contributed by atoms with Crippen molar-refractivity contribution in [3.63, 3.8) is 0 Å². The van der Waals surface area contributed by atoms with E-state index in [0.717, 1.165) is 16.5 Å². The zero-order valence-electron chi connectivity index (χ0n) is 11.5. The van der Waals surface area contributed by atoms with Gasteiger partial charge in [0.1, 0.15) is 5.75 Å². The summed E-state index contributed by atoms with van der Waals surface area (Å²) in [4.78, 5) is 11.8. The highest BCUT2D eigenvalue weighted by molar-refractivity contribution is 9.10. The van der Waals surface area contributed by atoms with Gasteiger partial charge in [-0.05, 0) is 38.0 Å². The number of nitrogens with two attached hydrogens (primary N) is 1. The Morgan fingerprint density at radius 3 is 2.63 bits per heavy atom. The maximum Gasteiger partial charge on any atom is 0.347 e. The number of esters is 1. The van der Waals surface area contributed by atoms with Gasteiger partial charge >= 0.3 is 5.97 Å². The van der Waals surface area contributed by atoms with Gasteiger partial charge in [0.2, 0.25) is 0 Å². The summed E-state index contributed by atoms with van der Waals surface area (Å²) in [6.07, 6.45) is 0.833. The summed E-state index contributed by atoms with van der Waals surface area (Å²) in [6.45, 7) is 6.01. The lowest BCUT2D eigenvalue weighted by Crippen LogP contribution is -2.29. The van der Waals surface area contributed by atoms with E-state index in [1.807, 2.05) is 19.9 Å². The van der Waals surface area contributed by atoms with Gasteiger partial charge in [-0.3, -0.25) is 0 Å². The summed E-state index contributed by atoms with van der Waals surface area (Å²) in [5.74, 6) is 0.209. The molecule has 0 bridgehead atoms. The average Bonchev–Trinajstić information content (AvgIpc) is 2.32. The molecule has 0 spiro atoms. The van der Waals surface area contributed by atoms with Gasteiger partial charge in [-0.25, -0.2) is 4.79 Å². The van der Waals surface area contributed by atoms with E-state index >= 15 is 0 Å². The molecule has 19 heavy (non-hydrogen) atoms. The van der Waals surface area contributed by atoms with Crippen LogP contribution in [0.2, 0.25) is 0 Å². The van der Waals surface area contributed by atoms with Crippen molar-refractivity contribution in [3.05, 3.63) is 22.2 Å². The third-order valence-electron chi connectivity index (χ3n) is 2.63. The fourth-order valence-corrected chi connectivity index (χ4v) is 2.37. The number of anilines is 1. The minimum atomic E-state index is -0.605. The molecular formula is C14H20BrNO3. The number of ether oxygens (including phenoxy) is 2. The normalized spacial score (nSPS) is 12.0. The molecule has 1 aromatic carbocycles. The van der Waals surface area contributed by atoms with Gasteiger partial charge in [-0.1, -0.05) is 29.3 Å². The second-order valence-electron chi connectivity index (χ2n) is 4.29.